The second-order valence-corrected chi connectivity index (χ2v) is 8.82. The van der Waals surface area contributed by atoms with Crippen molar-refractivity contribution in [3.8, 4) is 17.0 Å². The first kappa shape index (κ1) is 23.4. The number of hydrogen-bond acceptors (Lipinski definition) is 6. The number of benzene rings is 2. The standard InChI is InChI=1S/C28H30N6O2/c1-5-26(35)30-22-15-23(25(36-4)16-24(22)33(3)6-2)32-28-29-13-12-21(31-28)20-17-34-14-8-10-18-9-7-11-19(20)27(18)34/h5,7,9,11-13,15-17H,1,6,8,10,14H2,2-4H3,(H,30,35)(H,29,31,32). The van der Waals surface area contributed by atoms with E-state index >= 15 is 0 Å². The quantitative estimate of drug-likeness (QED) is 0.328. The maximum atomic E-state index is 12.1. The molecule has 2 N–H and O–H groups in total. The zero-order valence-corrected chi connectivity index (χ0v) is 20.8. The molecule has 3 heterocycles. The summed E-state index contributed by atoms with van der Waals surface area (Å²) in [5.41, 5.74) is 6.73. The number of methoxy groups -OCH3 is 1. The highest BCUT2D eigenvalue weighted by Crippen LogP contribution is 2.39. The first-order valence-electron chi connectivity index (χ1n) is 12.1. The molecule has 184 valence electrons. The van der Waals surface area contributed by atoms with Gasteiger partial charge in [0.25, 0.3) is 0 Å². The molecule has 0 aliphatic carbocycles. The lowest BCUT2D eigenvalue weighted by Crippen LogP contribution is -2.19. The molecule has 0 saturated carbocycles. The molecule has 2 aromatic heterocycles. The Bertz CT molecular complexity index is 1460. The summed E-state index contributed by atoms with van der Waals surface area (Å²) < 4.78 is 8.00. The fourth-order valence-corrected chi connectivity index (χ4v) is 4.75. The van der Waals surface area contributed by atoms with Crippen molar-refractivity contribution in [3.05, 3.63) is 67.0 Å². The van der Waals surface area contributed by atoms with Crippen molar-refractivity contribution in [2.24, 2.45) is 0 Å². The third-order valence-electron chi connectivity index (χ3n) is 6.65. The lowest BCUT2D eigenvalue weighted by Gasteiger charge is -2.23. The summed E-state index contributed by atoms with van der Waals surface area (Å²) in [5.74, 6) is 0.765. The summed E-state index contributed by atoms with van der Waals surface area (Å²) in [4.78, 5) is 23.4. The van der Waals surface area contributed by atoms with Crippen LogP contribution >= 0.6 is 0 Å². The zero-order valence-electron chi connectivity index (χ0n) is 20.8. The third-order valence-corrected chi connectivity index (χ3v) is 6.65. The van der Waals surface area contributed by atoms with E-state index in [1.54, 1.807) is 13.3 Å². The van der Waals surface area contributed by atoms with Crippen LogP contribution in [0.3, 0.4) is 0 Å². The van der Waals surface area contributed by atoms with E-state index in [0.717, 1.165) is 42.9 Å². The molecular weight excluding hydrogens is 452 g/mol. The molecule has 0 unspecified atom stereocenters. The fourth-order valence-electron chi connectivity index (χ4n) is 4.75. The number of ether oxygens (including phenoxy) is 1. The largest absolute Gasteiger partial charge is 0.494 e. The molecule has 4 aromatic rings. The second kappa shape index (κ2) is 9.73. The topological polar surface area (TPSA) is 84.3 Å². The van der Waals surface area contributed by atoms with Crippen LogP contribution in [0, 0.1) is 0 Å². The molecular formula is C28H30N6O2. The van der Waals surface area contributed by atoms with E-state index in [4.69, 9.17) is 9.72 Å². The van der Waals surface area contributed by atoms with Gasteiger partial charge < -0.3 is 24.8 Å². The van der Waals surface area contributed by atoms with Gasteiger partial charge in [-0.15, -0.1) is 0 Å². The van der Waals surface area contributed by atoms with E-state index in [-0.39, 0.29) is 5.91 Å². The van der Waals surface area contributed by atoms with Crippen molar-refractivity contribution in [3.63, 3.8) is 0 Å². The zero-order chi connectivity index (χ0) is 25.2. The van der Waals surface area contributed by atoms with Gasteiger partial charge in [0, 0.05) is 49.5 Å². The fraction of sp³-hybridized carbons (Fsp3) is 0.250. The Morgan fingerprint density at radius 1 is 1.28 bits per heavy atom. The predicted molar refractivity (Wildman–Crippen MR) is 145 cm³/mol. The molecule has 0 saturated heterocycles. The Morgan fingerprint density at radius 2 is 2.14 bits per heavy atom. The highest BCUT2D eigenvalue weighted by molar-refractivity contribution is 6.02. The average molecular weight is 483 g/mol. The van der Waals surface area contributed by atoms with E-state index in [2.05, 4.69) is 51.2 Å². The summed E-state index contributed by atoms with van der Waals surface area (Å²) in [7, 11) is 3.57. The molecule has 1 aliphatic rings. The molecule has 0 bridgehead atoms. The number of hydrogen-bond donors (Lipinski definition) is 2. The minimum atomic E-state index is -0.289. The van der Waals surface area contributed by atoms with Crippen LogP contribution in [0.4, 0.5) is 23.0 Å². The van der Waals surface area contributed by atoms with Crippen LogP contribution in [0.2, 0.25) is 0 Å². The molecule has 8 heteroatoms. The normalized spacial score (nSPS) is 12.3. The summed E-state index contributed by atoms with van der Waals surface area (Å²) >= 11 is 0. The number of carbonyl (C=O) groups is 1. The van der Waals surface area contributed by atoms with Crippen molar-refractivity contribution < 1.29 is 9.53 Å². The number of anilines is 4. The smallest absolute Gasteiger partial charge is 0.247 e. The van der Waals surface area contributed by atoms with Crippen molar-refractivity contribution in [1.29, 1.82) is 0 Å². The van der Waals surface area contributed by atoms with Crippen molar-refractivity contribution in [2.45, 2.75) is 26.3 Å². The van der Waals surface area contributed by atoms with Crippen LogP contribution in [-0.4, -0.2) is 41.1 Å². The molecule has 0 fully saturated rings. The molecule has 8 nitrogen and oxygen atoms in total. The molecule has 36 heavy (non-hydrogen) atoms. The minimum Gasteiger partial charge on any atom is -0.494 e. The molecule has 1 aliphatic heterocycles. The average Bonchev–Trinajstić information content (AvgIpc) is 3.29. The number of aromatic nitrogens is 3. The minimum absolute atomic E-state index is 0.289. The first-order valence-corrected chi connectivity index (χ1v) is 12.1. The van der Waals surface area contributed by atoms with Gasteiger partial charge in [-0.05, 0) is 43.5 Å². The molecule has 5 rings (SSSR count). The van der Waals surface area contributed by atoms with Crippen LogP contribution in [0.1, 0.15) is 18.9 Å². The van der Waals surface area contributed by atoms with Gasteiger partial charge in [-0.3, -0.25) is 4.79 Å². The summed E-state index contributed by atoms with van der Waals surface area (Å²) in [5, 5.41) is 7.39. The summed E-state index contributed by atoms with van der Waals surface area (Å²) in [6.07, 6.45) is 7.44. The van der Waals surface area contributed by atoms with Crippen LogP contribution in [-0.2, 0) is 17.8 Å². The van der Waals surface area contributed by atoms with E-state index < -0.39 is 0 Å². The van der Waals surface area contributed by atoms with Gasteiger partial charge in [0.15, 0.2) is 0 Å². The molecule has 0 atom stereocenters. The van der Waals surface area contributed by atoms with Gasteiger partial charge in [0.05, 0.1) is 35.4 Å². The molecule has 0 spiro atoms. The monoisotopic (exact) mass is 482 g/mol. The lowest BCUT2D eigenvalue weighted by atomic mass is 10.0. The van der Waals surface area contributed by atoms with E-state index in [1.807, 2.05) is 37.1 Å². The Hall–Kier alpha value is -4.33. The maximum Gasteiger partial charge on any atom is 0.247 e. The molecule has 1 amide bonds. The summed E-state index contributed by atoms with van der Waals surface area (Å²) in [6.45, 7) is 7.37. The number of aryl methyl sites for hydroxylation is 2. The first-order chi connectivity index (χ1) is 17.5. The van der Waals surface area contributed by atoms with Crippen LogP contribution in [0.5, 0.6) is 5.75 Å². The van der Waals surface area contributed by atoms with E-state index in [0.29, 0.717) is 23.1 Å². The number of rotatable bonds is 8. The van der Waals surface area contributed by atoms with Gasteiger partial charge in [0.1, 0.15) is 5.75 Å². The molecule has 0 radical (unpaired) electrons. The number of carbonyl (C=O) groups excluding carboxylic acids is 1. The predicted octanol–water partition coefficient (Wildman–Crippen LogP) is 5.38. The van der Waals surface area contributed by atoms with Crippen molar-refractivity contribution >= 4 is 39.8 Å². The van der Waals surface area contributed by atoms with Crippen LogP contribution in [0.25, 0.3) is 22.2 Å². The van der Waals surface area contributed by atoms with Gasteiger partial charge in [0.2, 0.25) is 11.9 Å². The van der Waals surface area contributed by atoms with Gasteiger partial charge in [-0.25, -0.2) is 9.97 Å². The SMILES string of the molecule is C=CC(=O)Nc1cc(Nc2nccc(-c3cn4c5c(cccc35)CCC4)n2)c(OC)cc1N(C)CC. The highest BCUT2D eigenvalue weighted by atomic mass is 16.5. The Kier molecular flexibility index (Phi) is 6.33. The highest BCUT2D eigenvalue weighted by Gasteiger charge is 2.19. The Morgan fingerprint density at radius 3 is 2.92 bits per heavy atom. The van der Waals surface area contributed by atoms with Gasteiger partial charge >= 0.3 is 0 Å². The number of amides is 1. The maximum absolute atomic E-state index is 12.1. The number of nitrogens with zero attached hydrogens (tertiary/aromatic N) is 4. The van der Waals surface area contributed by atoms with Gasteiger partial charge in [-0.2, -0.15) is 0 Å². The number of nitrogens with one attached hydrogen (secondary N) is 2. The van der Waals surface area contributed by atoms with Gasteiger partial charge in [-0.1, -0.05) is 24.8 Å². The van der Waals surface area contributed by atoms with Crippen molar-refractivity contribution in [2.75, 3.05) is 36.2 Å². The van der Waals surface area contributed by atoms with Crippen LogP contribution in [0.15, 0.2) is 61.4 Å². The Labute approximate surface area is 210 Å². The van der Waals surface area contributed by atoms with E-state index in [1.165, 1.54) is 22.5 Å². The second-order valence-electron chi connectivity index (χ2n) is 8.82. The molecule has 2 aromatic carbocycles. The van der Waals surface area contributed by atoms with E-state index in [9.17, 15) is 4.79 Å². The lowest BCUT2D eigenvalue weighted by molar-refractivity contribution is -0.111. The van der Waals surface area contributed by atoms with Crippen LogP contribution < -0.4 is 20.3 Å². The third kappa shape index (κ3) is 4.26. The van der Waals surface area contributed by atoms with Crippen molar-refractivity contribution in [1.82, 2.24) is 14.5 Å². The summed E-state index contributed by atoms with van der Waals surface area (Å²) in [6, 6.07) is 12.1. The number of para-hydroxylation sites is 1. The Balaban J connectivity index is 1.53.